The van der Waals surface area contributed by atoms with Crippen molar-refractivity contribution in [3.63, 3.8) is 0 Å². The van der Waals surface area contributed by atoms with Crippen LogP contribution in [-0.2, 0) is 4.79 Å². The molecule has 1 unspecified atom stereocenters. The molecule has 1 aliphatic heterocycles. The molecule has 0 saturated carbocycles. The zero-order valence-corrected chi connectivity index (χ0v) is 12.1. The molecule has 1 aliphatic rings. The maximum absolute atomic E-state index is 12.0. The van der Waals surface area contributed by atoms with Crippen LogP contribution in [-0.4, -0.2) is 23.5 Å². The molecule has 100 valence electrons. The van der Waals surface area contributed by atoms with Crippen LogP contribution >= 0.6 is 15.9 Å². The summed E-state index contributed by atoms with van der Waals surface area (Å²) in [5, 5.41) is 9.31. The zero-order valence-electron chi connectivity index (χ0n) is 10.5. The fraction of sp³-hybridized carbons (Fsp3) is 0.286. The summed E-state index contributed by atoms with van der Waals surface area (Å²) in [6, 6.07) is 3.40. The highest BCUT2D eigenvalue weighted by molar-refractivity contribution is 9.10. The third-order valence-corrected chi connectivity index (χ3v) is 3.80. The number of aromatic carboxylic acids is 1. The average molecular weight is 324 g/mol. The Balaban J connectivity index is 2.53. The van der Waals surface area contributed by atoms with Crippen molar-refractivity contribution in [2.24, 2.45) is 5.92 Å². The predicted molar refractivity (Wildman–Crippen MR) is 76.5 cm³/mol. The quantitative estimate of drug-likeness (QED) is 0.870. The van der Waals surface area contributed by atoms with E-state index in [1.165, 1.54) is 4.90 Å². The van der Waals surface area contributed by atoms with E-state index in [0.717, 1.165) is 5.56 Å². The van der Waals surface area contributed by atoms with Gasteiger partial charge in [0, 0.05) is 23.4 Å². The van der Waals surface area contributed by atoms with E-state index in [1.54, 1.807) is 12.1 Å². The number of nitrogens with zero attached hydrogens (tertiary/aromatic N) is 1. The Morgan fingerprint density at radius 3 is 2.79 bits per heavy atom. The molecule has 19 heavy (non-hydrogen) atoms. The van der Waals surface area contributed by atoms with Crippen molar-refractivity contribution in [1.29, 1.82) is 0 Å². The zero-order chi connectivity index (χ0) is 14.2. The van der Waals surface area contributed by atoms with Crippen molar-refractivity contribution in [3.05, 3.63) is 40.4 Å². The average Bonchev–Trinajstić information content (AvgIpc) is 2.69. The second kappa shape index (κ2) is 5.17. The number of rotatable bonds is 3. The van der Waals surface area contributed by atoms with E-state index in [0.29, 0.717) is 23.1 Å². The van der Waals surface area contributed by atoms with Gasteiger partial charge in [-0.1, -0.05) is 6.08 Å². The number of carboxylic acids is 1. The molecule has 2 rings (SSSR count). The van der Waals surface area contributed by atoms with Gasteiger partial charge in [0.25, 0.3) is 0 Å². The molecule has 1 amide bonds. The molecule has 1 heterocycles. The topological polar surface area (TPSA) is 57.6 Å². The van der Waals surface area contributed by atoms with E-state index < -0.39 is 5.97 Å². The van der Waals surface area contributed by atoms with Crippen molar-refractivity contribution in [3.8, 4) is 0 Å². The minimum absolute atomic E-state index is 0.0716. The van der Waals surface area contributed by atoms with Gasteiger partial charge in [-0.25, -0.2) is 4.79 Å². The molecule has 1 saturated heterocycles. The van der Waals surface area contributed by atoms with Crippen LogP contribution in [0.25, 0.3) is 0 Å². The lowest BCUT2D eigenvalue weighted by Gasteiger charge is -2.21. The molecule has 0 radical (unpaired) electrons. The molecule has 1 fully saturated rings. The van der Waals surface area contributed by atoms with E-state index in [2.05, 4.69) is 22.5 Å². The second-order valence-electron chi connectivity index (χ2n) is 4.65. The summed E-state index contributed by atoms with van der Waals surface area (Å²) in [5.41, 5.74) is 1.41. The first-order chi connectivity index (χ1) is 8.93. The number of benzene rings is 1. The van der Waals surface area contributed by atoms with Crippen molar-refractivity contribution in [1.82, 2.24) is 0 Å². The third kappa shape index (κ3) is 2.56. The first-order valence-electron chi connectivity index (χ1n) is 5.90. The number of carbonyl (C=O) groups excluding carboxylic acids is 1. The van der Waals surface area contributed by atoms with Gasteiger partial charge in [-0.15, -0.1) is 6.58 Å². The number of hydrogen-bond donors (Lipinski definition) is 1. The normalized spacial score (nSPS) is 18.7. The Labute approximate surface area is 119 Å². The maximum atomic E-state index is 12.0. The van der Waals surface area contributed by atoms with Crippen LogP contribution in [0.5, 0.6) is 0 Å². The SMILES string of the molecule is C=CC1CC(=O)N(c2c(Br)cc(C)cc2C(=O)O)C1. The molecular weight excluding hydrogens is 310 g/mol. The summed E-state index contributed by atoms with van der Waals surface area (Å²) >= 11 is 3.36. The van der Waals surface area contributed by atoms with Gasteiger partial charge in [0.1, 0.15) is 0 Å². The highest BCUT2D eigenvalue weighted by Gasteiger charge is 2.32. The van der Waals surface area contributed by atoms with Crippen LogP contribution in [0.15, 0.2) is 29.3 Å². The van der Waals surface area contributed by atoms with Crippen LogP contribution in [0.2, 0.25) is 0 Å². The first kappa shape index (κ1) is 13.8. The molecule has 0 aliphatic carbocycles. The summed E-state index contributed by atoms with van der Waals surface area (Å²) in [6.07, 6.45) is 2.11. The molecule has 1 atom stereocenters. The van der Waals surface area contributed by atoms with Crippen LogP contribution in [0.1, 0.15) is 22.3 Å². The van der Waals surface area contributed by atoms with E-state index in [9.17, 15) is 14.7 Å². The fourth-order valence-corrected chi connectivity index (χ4v) is 3.07. The Morgan fingerprint density at radius 1 is 1.58 bits per heavy atom. The predicted octanol–water partition coefficient (Wildman–Crippen LogP) is 2.99. The van der Waals surface area contributed by atoms with Crippen LogP contribution < -0.4 is 4.90 Å². The van der Waals surface area contributed by atoms with Gasteiger partial charge < -0.3 is 10.0 Å². The van der Waals surface area contributed by atoms with Gasteiger partial charge in [-0.2, -0.15) is 0 Å². The lowest BCUT2D eigenvalue weighted by molar-refractivity contribution is -0.117. The molecule has 0 aromatic heterocycles. The molecule has 4 nitrogen and oxygen atoms in total. The summed E-state index contributed by atoms with van der Waals surface area (Å²) in [7, 11) is 0. The largest absolute Gasteiger partial charge is 0.478 e. The van der Waals surface area contributed by atoms with Crippen molar-refractivity contribution < 1.29 is 14.7 Å². The lowest BCUT2D eigenvalue weighted by Crippen LogP contribution is -2.27. The number of carboxylic acid groups (broad SMARTS) is 1. The van der Waals surface area contributed by atoms with Gasteiger partial charge in [0.15, 0.2) is 0 Å². The van der Waals surface area contributed by atoms with Crippen LogP contribution in [0.3, 0.4) is 0 Å². The molecule has 1 aromatic rings. The summed E-state index contributed by atoms with van der Waals surface area (Å²) in [6.45, 7) is 5.99. The molecule has 1 N–H and O–H groups in total. The number of aryl methyl sites for hydroxylation is 1. The summed E-state index contributed by atoms with van der Waals surface area (Å²) in [5.74, 6) is -1.03. The van der Waals surface area contributed by atoms with Crippen LogP contribution in [0.4, 0.5) is 5.69 Å². The minimum Gasteiger partial charge on any atom is -0.478 e. The van der Waals surface area contributed by atoms with E-state index >= 15 is 0 Å². The smallest absolute Gasteiger partial charge is 0.337 e. The minimum atomic E-state index is -1.03. The van der Waals surface area contributed by atoms with Crippen molar-refractivity contribution in [2.45, 2.75) is 13.3 Å². The number of hydrogen-bond acceptors (Lipinski definition) is 2. The number of carbonyl (C=O) groups is 2. The molecular formula is C14H14BrNO3. The fourth-order valence-electron chi connectivity index (χ4n) is 2.28. The van der Waals surface area contributed by atoms with Gasteiger partial charge in [-0.05, 0) is 40.5 Å². The third-order valence-electron chi connectivity index (χ3n) is 3.20. The Bertz CT molecular complexity index is 568. The number of amides is 1. The summed E-state index contributed by atoms with van der Waals surface area (Å²) in [4.78, 5) is 24.9. The monoisotopic (exact) mass is 323 g/mol. The lowest BCUT2D eigenvalue weighted by atomic mass is 10.1. The molecule has 5 heteroatoms. The molecule has 1 aromatic carbocycles. The molecule has 0 bridgehead atoms. The maximum Gasteiger partial charge on any atom is 0.337 e. The van der Waals surface area contributed by atoms with E-state index in [4.69, 9.17) is 0 Å². The number of anilines is 1. The standard InChI is InChI=1S/C14H14BrNO3/c1-3-9-6-12(17)16(7-9)13-10(14(18)19)4-8(2)5-11(13)15/h3-5,9H,1,6-7H2,2H3,(H,18,19). The van der Waals surface area contributed by atoms with Gasteiger partial charge in [0.2, 0.25) is 5.91 Å². The Hall–Kier alpha value is -1.62. The number of halogens is 1. The first-order valence-corrected chi connectivity index (χ1v) is 6.69. The van der Waals surface area contributed by atoms with Crippen LogP contribution in [0, 0.1) is 12.8 Å². The van der Waals surface area contributed by atoms with Crippen molar-refractivity contribution in [2.75, 3.05) is 11.4 Å². The highest BCUT2D eigenvalue weighted by atomic mass is 79.9. The van der Waals surface area contributed by atoms with E-state index in [-0.39, 0.29) is 17.4 Å². The molecule has 0 spiro atoms. The highest BCUT2D eigenvalue weighted by Crippen LogP contribution is 2.35. The van der Waals surface area contributed by atoms with Gasteiger partial charge >= 0.3 is 5.97 Å². The van der Waals surface area contributed by atoms with Gasteiger partial charge in [-0.3, -0.25) is 4.79 Å². The van der Waals surface area contributed by atoms with Gasteiger partial charge in [0.05, 0.1) is 11.3 Å². The Morgan fingerprint density at radius 2 is 2.26 bits per heavy atom. The Kier molecular flexibility index (Phi) is 3.75. The summed E-state index contributed by atoms with van der Waals surface area (Å²) < 4.78 is 0.628. The van der Waals surface area contributed by atoms with E-state index in [1.807, 2.05) is 13.0 Å². The second-order valence-corrected chi connectivity index (χ2v) is 5.51. The van der Waals surface area contributed by atoms with Crippen molar-refractivity contribution >= 4 is 33.5 Å².